The zero-order valence-corrected chi connectivity index (χ0v) is 13.9. The van der Waals surface area contributed by atoms with E-state index in [0.717, 1.165) is 25.7 Å². The van der Waals surface area contributed by atoms with Gasteiger partial charge in [0.2, 0.25) is 0 Å². The average Bonchev–Trinajstić information content (AvgIpc) is 2.57. The highest BCUT2D eigenvalue weighted by molar-refractivity contribution is 6.33. The summed E-state index contributed by atoms with van der Waals surface area (Å²) in [5.74, 6) is -0.265. The molecular weight excluding hydrogens is 312 g/mol. The molecule has 0 aromatic heterocycles. The van der Waals surface area contributed by atoms with E-state index in [4.69, 9.17) is 17.3 Å². The predicted molar refractivity (Wildman–Crippen MR) is 92.8 cm³/mol. The lowest BCUT2D eigenvalue weighted by Gasteiger charge is -2.31. The van der Waals surface area contributed by atoms with Crippen LogP contribution in [-0.2, 0) is 4.79 Å². The number of likely N-dealkylation sites (N-methyl/N-ethyl adjacent to an activating group) is 1. The van der Waals surface area contributed by atoms with Gasteiger partial charge in [0.25, 0.3) is 5.91 Å². The lowest BCUT2D eigenvalue weighted by molar-refractivity contribution is -0.128. The Hall–Kier alpha value is -2.19. The quantitative estimate of drug-likeness (QED) is 0.502. The Balaban J connectivity index is 2.08. The number of anilines is 2. The normalized spacial score (nSPS) is 15.8. The van der Waals surface area contributed by atoms with Crippen molar-refractivity contribution in [3.63, 3.8) is 0 Å². The monoisotopic (exact) mass is 332 g/mol. The van der Waals surface area contributed by atoms with Gasteiger partial charge in [0.15, 0.2) is 0 Å². The highest BCUT2D eigenvalue weighted by Crippen LogP contribution is 2.25. The van der Waals surface area contributed by atoms with Crippen LogP contribution in [0.25, 0.3) is 0 Å². The van der Waals surface area contributed by atoms with E-state index < -0.39 is 0 Å². The molecule has 2 rings (SSSR count). The van der Waals surface area contributed by atoms with Crippen LogP contribution in [0.15, 0.2) is 30.0 Å². The Morgan fingerprint density at radius 1 is 1.43 bits per heavy atom. The number of nitrogens with two attached hydrogens (primary N) is 1. The van der Waals surface area contributed by atoms with Crippen LogP contribution in [0.1, 0.15) is 32.1 Å². The SMILES string of the molecule is CN(C(=O)/C(C#N)=C\Nc1ccc(N)cc1Cl)C1CCCCC1. The van der Waals surface area contributed by atoms with Crippen molar-refractivity contribution < 1.29 is 4.79 Å². The molecule has 122 valence electrons. The molecule has 1 aromatic rings. The molecule has 1 aliphatic rings. The molecule has 0 bridgehead atoms. The van der Waals surface area contributed by atoms with Gasteiger partial charge >= 0.3 is 0 Å². The molecule has 0 heterocycles. The Labute approximate surface area is 141 Å². The summed E-state index contributed by atoms with van der Waals surface area (Å²) in [6, 6.07) is 7.19. The van der Waals surface area contributed by atoms with E-state index in [9.17, 15) is 10.1 Å². The number of nitrogen functional groups attached to an aromatic ring is 1. The molecule has 5 nitrogen and oxygen atoms in total. The van der Waals surface area contributed by atoms with E-state index in [1.165, 1.54) is 12.6 Å². The molecule has 1 fully saturated rings. The van der Waals surface area contributed by atoms with Crippen molar-refractivity contribution in [3.05, 3.63) is 35.0 Å². The minimum atomic E-state index is -0.265. The van der Waals surface area contributed by atoms with Crippen molar-refractivity contribution >= 4 is 28.9 Å². The number of benzene rings is 1. The van der Waals surface area contributed by atoms with Crippen LogP contribution < -0.4 is 11.1 Å². The van der Waals surface area contributed by atoms with Gasteiger partial charge in [0.1, 0.15) is 11.6 Å². The summed E-state index contributed by atoms with van der Waals surface area (Å²) in [4.78, 5) is 14.2. The zero-order valence-electron chi connectivity index (χ0n) is 13.2. The summed E-state index contributed by atoms with van der Waals surface area (Å²) in [5, 5.41) is 12.6. The second-order valence-electron chi connectivity index (χ2n) is 5.76. The fourth-order valence-corrected chi connectivity index (χ4v) is 3.01. The van der Waals surface area contributed by atoms with Gasteiger partial charge < -0.3 is 16.0 Å². The van der Waals surface area contributed by atoms with Crippen molar-refractivity contribution in [2.75, 3.05) is 18.1 Å². The maximum atomic E-state index is 12.5. The minimum Gasteiger partial charge on any atom is -0.399 e. The van der Waals surface area contributed by atoms with E-state index >= 15 is 0 Å². The topological polar surface area (TPSA) is 82.2 Å². The number of nitrogens with zero attached hydrogens (tertiary/aromatic N) is 2. The van der Waals surface area contributed by atoms with Crippen LogP contribution in [-0.4, -0.2) is 23.9 Å². The Morgan fingerprint density at radius 2 is 2.13 bits per heavy atom. The number of carbonyl (C=O) groups is 1. The smallest absolute Gasteiger partial charge is 0.266 e. The molecular formula is C17H21ClN4O. The molecule has 0 atom stereocenters. The van der Waals surface area contributed by atoms with E-state index in [0.29, 0.717) is 16.4 Å². The molecule has 3 N–H and O–H groups in total. The molecule has 6 heteroatoms. The van der Waals surface area contributed by atoms with Gasteiger partial charge in [0, 0.05) is 25.0 Å². The maximum absolute atomic E-state index is 12.5. The Bertz CT molecular complexity index is 644. The number of carbonyl (C=O) groups excluding carboxylic acids is 1. The summed E-state index contributed by atoms with van der Waals surface area (Å²) in [7, 11) is 1.76. The number of rotatable bonds is 4. The first-order valence-corrected chi connectivity index (χ1v) is 8.09. The van der Waals surface area contributed by atoms with Crippen LogP contribution in [0, 0.1) is 11.3 Å². The average molecular weight is 333 g/mol. The van der Waals surface area contributed by atoms with E-state index in [1.54, 1.807) is 30.1 Å². The maximum Gasteiger partial charge on any atom is 0.266 e. The lowest BCUT2D eigenvalue weighted by atomic mass is 9.94. The zero-order chi connectivity index (χ0) is 16.8. The van der Waals surface area contributed by atoms with Crippen molar-refractivity contribution in [3.8, 4) is 6.07 Å². The largest absolute Gasteiger partial charge is 0.399 e. The molecule has 0 radical (unpaired) electrons. The molecule has 1 saturated carbocycles. The Morgan fingerprint density at radius 3 is 2.74 bits per heavy atom. The van der Waals surface area contributed by atoms with Gasteiger partial charge in [-0.1, -0.05) is 30.9 Å². The van der Waals surface area contributed by atoms with Crippen molar-refractivity contribution in [1.29, 1.82) is 5.26 Å². The van der Waals surface area contributed by atoms with Crippen LogP contribution in [0.3, 0.4) is 0 Å². The first-order valence-electron chi connectivity index (χ1n) is 7.72. The second-order valence-corrected chi connectivity index (χ2v) is 6.17. The van der Waals surface area contributed by atoms with Crippen LogP contribution >= 0.6 is 11.6 Å². The van der Waals surface area contributed by atoms with Crippen LogP contribution in [0.4, 0.5) is 11.4 Å². The first kappa shape index (κ1) is 17.2. The molecule has 0 spiro atoms. The van der Waals surface area contributed by atoms with Crippen LogP contribution in [0.5, 0.6) is 0 Å². The van der Waals surface area contributed by atoms with Gasteiger partial charge in [-0.15, -0.1) is 0 Å². The van der Waals surface area contributed by atoms with Crippen molar-refractivity contribution in [2.24, 2.45) is 0 Å². The number of amides is 1. The number of halogens is 1. The fraction of sp³-hybridized carbons (Fsp3) is 0.412. The minimum absolute atomic E-state index is 0.0611. The number of hydrogen-bond donors (Lipinski definition) is 2. The third-order valence-electron chi connectivity index (χ3n) is 4.16. The summed E-state index contributed by atoms with van der Waals surface area (Å²) < 4.78 is 0. The number of nitrogens with one attached hydrogen (secondary N) is 1. The van der Waals surface area contributed by atoms with E-state index in [-0.39, 0.29) is 17.5 Å². The van der Waals surface area contributed by atoms with E-state index in [2.05, 4.69) is 5.32 Å². The molecule has 1 aliphatic carbocycles. The molecule has 23 heavy (non-hydrogen) atoms. The van der Waals surface area contributed by atoms with Gasteiger partial charge in [-0.25, -0.2) is 0 Å². The predicted octanol–water partition coefficient (Wildman–Crippen LogP) is 3.53. The van der Waals surface area contributed by atoms with Gasteiger partial charge in [-0.05, 0) is 31.0 Å². The summed E-state index contributed by atoms with van der Waals surface area (Å²) in [6.45, 7) is 0. The molecule has 0 saturated heterocycles. The third-order valence-corrected chi connectivity index (χ3v) is 4.47. The molecule has 0 aliphatic heterocycles. The highest BCUT2D eigenvalue weighted by Gasteiger charge is 2.24. The summed E-state index contributed by atoms with van der Waals surface area (Å²) in [5.41, 5.74) is 6.85. The standard InChI is InChI=1S/C17H21ClN4O/c1-22(14-5-3-2-4-6-14)17(23)12(10-19)11-21-16-8-7-13(20)9-15(16)18/h7-9,11,14,21H,2-6,20H2,1H3/b12-11-. The molecule has 1 amide bonds. The third kappa shape index (κ3) is 4.40. The second kappa shape index (κ2) is 7.89. The summed E-state index contributed by atoms with van der Waals surface area (Å²) in [6.07, 6.45) is 6.88. The number of hydrogen-bond acceptors (Lipinski definition) is 4. The molecule has 1 aromatic carbocycles. The number of nitriles is 1. The van der Waals surface area contributed by atoms with Crippen LogP contribution in [0.2, 0.25) is 5.02 Å². The molecule has 0 unspecified atom stereocenters. The van der Waals surface area contributed by atoms with Crippen molar-refractivity contribution in [2.45, 2.75) is 38.1 Å². The highest BCUT2D eigenvalue weighted by atomic mass is 35.5. The van der Waals surface area contributed by atoms with E-state index in [1.807, 2.05) is 6.07 Å². The fourth-order valence-electron chi connectivity index (χ4n) is 2.76. The summed E-state index contributed by atoms with van der Waals surface area (Å²) >= 11 is 6.07. The van der Waals surface area contributed by atoms with Gasteiger partial charge in [-0.2, -0.15) is 5.26 Å². The Kier molecular flexibility index (Phi) is 5.89. The van der Waals surface area contributed by atoms with Gasteiger partial charge in [-0.3, -0.25) is 4.79 Å². The van der Waals surface area contributed by atoms with Crippen molar-refractivity contribution in [1.82, 2.24) is 4.90 Å². The first-order chi connectivity index (χ1) is 11.0. The lowest BCUT2D eigenvalue weighted by Crippen LogP contribution is -2.39. The van der Waals surface area contributed by atoms with Gasteiger partial charge in [0.05, 0.1) is 10.7 Å².